The quantitative estimate of drug-likeness (QED) is 0.672. The van der Waals surface area contributed by atoms with E-state index in [0.29, 0.717) is 37.6 Å². The number of sulfonamides is 1. The van der Waals surface area contributed by atoms with Crippen LogP contribution in [0, 0.1) is 6.92 Å². The highest BCUT2D eigenvalue weighted by molar-refractivity contribution is 7.89. The number of amides is 2. The molecule has 2 heterocycles. The summed E-state index contributed by atoms with van der Waals surface area (Å²) in [5.41, 5.74) is 0.999. The molecule has 0 spiro atoms. The number of nitrogens with zero attached hydrogens (tertiary/aromatic N) is 1. The van der Waals surface area contributed by atoms with Crippen LogP contribution >= 0.6 is 11.3 Å². The molecule has 162 valence electrons. The first-order valence-corrected chi connectivity index (χ1v) is 11.9. The number of benzene rings is 1. The highest BCUT2D eigenvalue weighted by Crippen LogP contribution is 2.26. The van der Waals surface area contributed by atoms with Crippen molar-refractivity contribution in [3.63, 3.8) is 0 Å². The molecule has 1 aromatic heterocycles. The van der Waals surface area contributed by atoms with E-state index in [4.69, 9.17) is 4.74 Å². The number of morpholine rings is 1. The molecule has 0 saturated carbocycles. The summed E-state index contributed by atoms with van der Waals surface area (Å²) in [6.07, 6.45) is 0.0412. The van der Waals surface area contributed by atoms with E-state index in [-0.39, 0.29) is 23.1 Å². The summed E-state index contributed by atoms with van der Waals surface area (Å²) >= 11 is 1.46. The molecular weight excluding hydrogens is 426 g/mol. The fraction of sp³-hybridized carbons (Fsp3) is 0.400. The molecule has 10 heteroatoms. The summed E-state index contributed by atoms with van der Waals surface area (Å²) in [7, 11) is -3.68. The van der Waals surface area contributed by atoms with Crippen LogP contribution in [-0.4, -0.2) is 50.8 Å². The zero-order valence-electron chi connectivity index (χ0n) is 16.9. The molecule has 0 aliphatic carbocycles. The van der Waals surface area contributed by atoms with E-state index in [2.05, 4.69) is 10.6 Å². The van der Waals surface area contributed by atoms with Crippen LogP contribution in [0.1, 0.15) is 29.8 Å². The zero-order valence-corrected chi connectivity index (χ0v) is 18.5. The van der Waals surface area contributed by atoms with Gasteiger partial charge >= 0.3 is 0 Å². The molecule has 2 N–H and O–H groups in total. The van der Waals surface area contributed by atoms with Crippen molar-refractivity contribution in [1.82, 2.24) is 9.62 Å². The lowest BCUT2D eigenvalue weighted by Crippen LogP contribution is -2.40. The van der Waals surface area contributed by atoms with Crippen LogP contribution in [0.3, 0.4) is 0 Å². The first kappa shape index (κ1) is 22.4. The van der Waals surface area contributed by atoms with E-state index in [1.54, 1.807) is 19.1 Å². The van der Waals surface area contributed by atoms with Gasteiger partial charge in [-0.3, -0.25) is 9.59 Å². The van der Waals surface area contributed by atoms with Crippen molar-refractivity contribution >= 4 is 38.9 Å². The van der Waals surface area contributed by atoms with Gasteiger partial charge in [0.05, 0.1) is 30.6 Å². The Morgan fingerprint density at radius 2 is 1.97 bits per heavy atom. The number of carbonyl (C=O) groups excluding carboxylic acids is 2. The molecule has 1 atom stereocenters. The summed E-state index contributed by atoms with van der Waals surface area (Å²) in [5.74, 6) is -0.545. The second kappa shape index (κ2) is 9.69. The lowest BCUT2D eigenvalue weighted by Gasteiger charge is -2.27. The van der Waals surface area contributed by atoms with Gasteiger partial charge in [0.2, 0.25) is 21.8 Å². The molecule has 1 saturated heterocycles. The van der Waals surface area contributed by atoms with Gasteiger partial charge in [0.25, 0.3) is 0 Å². The Hall–Kier alpha value is -2.27. The van der Waals surface area contributed by atoms with Crippen molar-refractivity contribution in [1.29, 1.82) is 0 Å². The van der Waals surface area contributed by atoms with Crippen LogP contribution in [0.25, 0.3) is 0 Å². The molecule has 0 bridgehead atoms. The minimum absolute atomic E-state index is 0.0412. The molecule has 8 nitrogen and oxygen atoms in total. The number of hydrogen-bond acceptors (Lipinski definition) is 6. The van der Waals surface area contributed by atoms with E-state index < -0.39 is 16.1 Å². The molecule has 2 aromatic rings. The van der Waals surface area contributed by atoms with Gasteiger partial charge in [0.15, 0.2) is 0 Å². The maximum Gasteiger partial charge on any atom is 0.243 e. The molecule has 1 aromatic carbocycles. The Bertz CT molecular complexity index is 999. The standard InChI is InChI=1S/C20H25N3O5S2/c1-14-5-6-16(12-19(14)30(26,27)23-7-9-28-10-8-23)22-20(25)13-17(21-15(2)24)18-4-3-11-29-18/h3-6,11-12,17H,7-10,13H2,1-2H3,(H,21,24)(H,22,25). The summed E-state index contributed by atoms with van der Waals surface area (Å²) in [6.45, 7) is 4.46. The zero-order chi connectivity index (χ0) is 21.7. The smallest absolute Gasteiger partial charge is 0.243 e. The Kier molecular flexibility index (Phi) is 7.24. The molecule has 3 rings (SSSR count). The molecule has 30 heavy (non-hydrogen) atoms. The number of carbonyl (C=O) groups is 2. The van der Waals surface area contributed by atoms with E-state index >= 15 is 0 Å². The summed E-state index contributed by atoms with van der Waals surface area (Å²) in [5, 5.41) is 7.42. The van der Waals surface area contributed by atoms with Crippen LogP contribution in [0.2, 0.25) is 0 Å². The van der Waals surface area contributed by atoms with Crippen LogP contribution < -0.4 is 10.6 Å². The number of thiophene rings is 1. The molecule has 1 aliphatic rings. The highest BCUT2D eigenvalue weighted by Gasteiger charge is 2.28. The van der Waals surface area contributed by atoms with Crippen molar-refractivity contribution in [3.8, 4) is 0 Å². The van der Waals surface area contributed by atoms with E-state index in [1.807, 2.05) is 17.5 Å². The predicted octanol–water partition coefficient (Wildman–Crippen LogP) is 2.28. The van der Waals surface area contributed by atoms with Crippen molar-refractivity contribution in [2.75, 3.05) is 31.6 Å². The molecule has 0 radical (unpaired) electrons. The third-order valence-corrected chi connectivity index (χ3v) is 7.74. The lowest BCUT2D eigenvalue weighted by atomic mass is 10.1. The third-order valence-electron chi connectivity index (χ3n) is 4.71. The second-order valence-corrected chi connectivity index (χ2v) is 9.90. The van der Waals surface area contributed by atoms with Gasteiger partial charge in [0, 0.05) is 30.6 Å². The molecule has 2 amide bonds. The number of anilines is 1. The number of nitrogens with one attached hydrogen (secondary N) is 2. The summed E-state index contributed by atoms with van der Waals surface area (Å²) in [4.78, 5) is 25.2. The lowest BCUT2D eigenvalue weighted by molar-refractivity contribution is -0.120. The average molecular weight is 452 g/mol. The summed E-state index contributed by atoms with van der Waals surface area (Å²) < 4.78 is 32.7. The maximum absolute atomic E-state index is 13.0. The molecule has 1 unspecified atom stereocenters. The first-order valence-electron chi connectivity index (χ1n) is 9.56. The predicted molar refractivity (Wildman–Crippen MR) is 115 cm³/mol. The molecule has 1 aliphatic heterocycles. The van der Waals surface area contributed by atoms with E-state index in [0.717, 1.165) is 4.88 Å². The topological polar surface area (TPSA) is 105 Å². The Balaban J connectivity index is 1.75. The van der Waals surface area contributed by atoms with Crippen LogP contribution in [0.15, 0.2) is 40.6 Å². The number of aryl methyl sites for hydroxylation is 1. The monoisotopic (exact) mass is 451 g/mol. The first-order chi connectivity index (χ1) is 14.3. The third kappa shape index (κ3) is 5.45. The van der Waals surface area contributed by atoms with Gasteiger partial charge in [-0.15, -0.1) is 11.3 Å². The van der Waals surface area contributed by atoms with Gasteiger partial charge < -0.3 is 15.4 Å². The van der Waals surface area contributed by atoms with Gasteiger partial charge in [-0.25, -0.2) is 8.42 Å². The van der Waals surface area contributed by atoms with Gasteiger partial charge in [-0.1, -0.05) is 12.1 Å². The van der Waals surface area contributed by atoms with Crippen molar-refractivity contribution in [2.24, 2.45) is 0 Å². The minimum Gasteiger partial charge on any atom is -0.379 e. The van der Waals surface area contributed by atoms with E-state index in [1.165, 1.54) is 28.6 Å². The maximum atomic E-state index is 13.0. The Morgan fingerprint density at radius 1 is 1.23 bits per heavy atom. The van der Waals surface area contributed by atoms with Gasteiger partial charge in [-0.2, -0.15) is 4.31 Å². The second-order valence-electron chi connectivity index (χ2n) is 7.02. The number of rotatable bonds is 7. The summed E-state index contributed by atoms with van der Waals surface area (Å²) in [6, 6.07) is 8.10. The SMILES string of the molecule is CC(=O)NC(CC(=O)Nc1ccc(C)c(S(=O)(=O)N2CCOCC2)c1)c1cccs1. The average Bonchev–Trinajstić information content (AvgIpc) is 3.24. The van der Waals surface area contributed by atoms with Crippen LogP contribution in [0.5, 0.6) is 0 Å². The van der Waals surface area contributed by atoms with Crippen molar-refractivity contribution < 1.29 is 22.7 Å². The largest absolute Gasteiger partial charge is 0.379 e. The normalized spacial score (nSPS) is 16.1. The van der Waals surface area contributed by atoms with Gasteiger partial charge in [0.1, 0.15) is 0 Å². The Labute approximate surface area is 180 Å². The van der Waals surface area contributed by atoms with E-state index in [9.17, 15) is 18.0 Å². The fourth-order valence-corrected chi connectivity index (χ4v) is 5.67. The minimum atomic E-state index is -3.68. The Morgan fingerprint density at radius 3 is 2.60 bits per heavy atom. The van der Waals surface area contributed by atoms with Crippen LogP contribution in [-0.2, 0) is 24.3 Å². The van der Waals surface area contributed by atoms with Crippen LogP contribution in [0.4, 0.5) is 5.69 Å². The molecular formula is C20H25N3O5S2. The van der Waals surface area contributed by atoms with Crippen molar-refractivity contribution in [3.05, 3.63) is 46.2 Å². The fourth-order valence-electron chi connectivity index (χ4n) is 3.24. The van der Waals surface area contributed by atoms with Gasteiger partial charge in [-0.05, 0) is 36.1 Å². The highest BCUT2D eigenvalue weighted by atomic mass is 32.2. The number of ether oxygens (including phenoxy) is 1. The molecule has 1 fully saturated rings. The van der Waals surface area contributed by atoms with Crippen molar-refractivity contribution in [2.45, 2.75) is 31.2 Å². The number of hydrogen-bond donors (Lipinski definition) is 2.